The molecule has 3 N–H and O–H groups in total. The lowest BCUT2D eigenvalue weighted by Gasteiger charge is -2.42. The summed E-state index contributed by atoms with van der Waals surface area (Å²) in [6.45, 7) is 4.27. The lowest BCUT2D eigenvalue weighted by molar-refractivity contribution is -0.145. The first-order valence-corrected chi connectivity index (χ1v) is 15.8. The lowest BCUT2D eigenvalue weighted by atomic mass is 9.97. The second-order valence-electron chi connectivity index (χ2n) is 10.5. The molecule has 0 aromatic heterocycles. The second kappa shape index (κ2) is 12.5. The highest BCUT2D eigenvalue weighted by atomic mass is 79.9. The number of esters is 1. The van der Waals surface area contributed by atoms with Crippen molar-refractivity contribution in [2.24, 2.45) is 0 Å². The maximum atomic E-state index is 12.6. The predicted octanol–water partition coefficient (Wildman–Crippen LogP) is 4.98. The Morgan fingerprint density at radius 1 is 1.03 bits per heavy atom. The normalized spacial score (nSPS) is 19.5. The fourth-order valence-electron chi connectivity index (χ4n) is 5.17. The van der Waals surface area contributed by atoms with Crippen molar-refractivity contribution >= 4 is 46.3 Å². The zero-order valence-corrected chi connectivity index (χ0v) is 25.1. The van der Waals surface area contributed by atoms with E-state index < -0.39 is 25.6 Å². The van der Waals surface area contributed by atoms with E-state index in [0.717, 1.165) is 14.8 Å². The topological polar surface area (TPSA) is 91.0 Å². The minimum atomic E-state index is -3.18. The number of ether oxygens (including phenoxy) is 3. The molecule has 0 spiro atoms. The van der Waals surface area contributed by atoms with E-state index in [2.05, 4.69) is 29.8 Å². The average Bonchev–Trinajstić information content (AvgIpc) is 2.94. The molecule has 1 aliphatic heterocycles. The van der Waals surface area contributed by atoms with Crippen molar-refractivity contribution < 1.29 is 23.8 Å². The summed E-state index contributed by atoms with van der Waals surface area (Å²) in [4.78, 5) is 24.5. The standard InChI is InChI=1S/C31H36BrNO5Si/c1-31(2,39(35,24-10-6-4-7-11-24)25-12-8-5-9-13-25)19-18-29-28(17-15-23(37-29)21-30(34)36-3)38-27-16-14-22(33)20-26(27)32/h4-17,20,23,28-29,35H,18-19,21,33H2,1-3H3. The second-order valence-corrected chi connectivity index (χ2v) is 15.3. The molecule has 3 aromatic rings. The van der Waals surface area contributed by atoms with Crippen molar-refractivity contribution in [1.29, 1.82) is 0 Å². The van der Waals surface area contributed by atoms with Crippen molar-refractivity contribution in [1.82, 2.24) is 0 Å². The SMILES string of the molecule is COC(=O)CC1C=CC(Oc2ccc(N)cc2Br)C(CCC(C)(C)[Si](O)(c2ccccc2)c2ccccc2)O1. The summed E-state index contributed by atoms with van der Waals surface area (Å²) in [5.74, 6) is 0.317. The molecule has 3 aromatic carbocycles. The van der Waals surface area contributed by atoms with E-state index in [4.69, 9.17) is 19.9 Å². The molecule has 0 fully saturated rings. The van der Waals surface area contributed by atoms with E-state index in [1.165, 1.54) is 7.11 Å². The van der Waals surface area contributed by atoms with Crippen LogP contribution in [0.15, 0.2) is 95.5 Å². The molecule has 0 amide bonds. The molecule has 4 rings (SSSR count). The maximum absolute atomic E-state index is 12.6. The van der Waals surface area contributed by atoms with Gasteiger partial charge in [0.2, 0.25) is 0 Å². The van der Waals surface area contributed by atoms with Crippen LogP contribution in [0.4, 0.5) is 5.69 Å². The molecule has 0 saturated carbocycles. The summed E-state index contributed by atoms with van der Waals surface area (Å²) >= 11 is 3.54. The van der Waals surface area contributed by atoms with Gasteiger partial charge >= 0.3 is 5.97 Å². The van der Waals surface area contributed by atoms with Crippen molar-refractivity contribution in [2.45, 2.75) is 56.5 Å². The van der Waals surface area contributed by atoms with Crippen molar-refractivity contribution in [3.05, 3.63) is 95.5 Å². The zero-order chi connectivity index (χ0) is 28.0. The van der Waals surface area contributed by atoms with Crippen molar-refractivity contribution in [2.75, 3.05) is 12.8 Å². The first-order chi connectivity index (χ1) is 18.6. The Balaban J connectivity index is 1.61. The van der Waals surface area contributed by atoms with Crippen LogP contribution in [0.5, 0.6) is 5.75 Å². The number of nitrogen functional groups attached to an aromatic ring is 1. The molecule has 8 heteroatoms. The smallest absolute Gasteiger partial charge is 0.308 e. The van der Waals surface area contributed by atoms with Gasteiger partial charge in [-0.05, 0) is 68.5 Å². The molecule has 1 heterocycles. The number of anilines is 1. The van der Waals surface area contributed by atoms with Crippen LogP contribution in [-0.4, -0.2) is 44.5 Å². The molecule has 39 heavy (non-hydrogen) atoms. The number of rotatable bonds is 10. The van der Waals surface area contributed by atoms with Crippen LogP contribution >= 0.6 is 15.9 Å². The van der Waals surface area contributed by atoms with E-state index in [1.807, 2.05) is 78.9 Å². The largest absolute Gasteiger partial charge is 0.482 e. The van der Waals surface area contributed by atoms with Gasteiger partial charge in [0, 0.05) is 5.69 Å². The summed E-state index contributed by atoms with van der Waals surface area (Å²) in [5, 5.41) is 1.48. The first-order valence-electron chi connectivity index (χ1n) is 13.1. The molecule has 206 valence electrons. The first kappa shape index (κ1) is 29.1. The van der Waals surface area contributed by atoms with E-state index in [-0.39, 0.29) is 18.5 Å². The van der Waals surface area contributed by atoms with E-state index in [1.54, 1.807) is 12.1 Å². The van der Waals surface area contributed by atoms with Gasteiger partial charge in [-0.1, -0.05) is 80.6 Å². The number of halogens is 1. The van der Waals surface area contributed by atoms with Crippen LogP contribution < -0.4 is 20.8 Å². The molecule has 0 aliphatic carbocycles. The molecule has 1 aliphatic rings. The molecule has 0 bridgehead atoms. The fourth-order valence-corrected chi connectivity index (χ4v) is 9.41. The zero-order valence-electron chi connectivity index (χ0n) is 22.5. The van der Waals surface area contributed by atoms with Gasteiger partial charge in [0.1, 0.15) is 11.9 Å². The predicted molar refractivity (Wildman–Crippen MR) is 161 cm³/mol. The molecular weight excluding hydrogens is 574 g/mol. The minimum Gasteiger partial charge on any atom is -0.482 e. The Hall–Kier alpha value is -2.91. The Kier molecular flexibility index (Phi) is 9.33. The summed E-state index contributed by atoms with van der Waals surface area (Å²) < 4.78 is 18.4. The highest BCUT2D eigenvalue weighted by Gasteiger charge is 2.50. The maximum Gasteiger partial charge on any atom is 0.308 e. The van der Waals surface area contributed by atoms with Gasteiger partial charge < -0.3 is 24.7 Å². The van der Waals surface area contributed by atoms with Crippen LogP contribution in [-0.2, 0) is 14.3 Å². The van der Waals surface area contributed by atoms with Gasteiger partial charge in [-0.3, -0.25) is 4.79 Å². The number of carbonyl (C=O) groups excluding carboxylic acids is 1. The minimum absolute atomic E-state index is 0.123. The number of methoxy groups -OCH3 is 1. The Labute approximate surface area is 240 Å². The lowest BCUT2D eigenvalue weighted by Crippen LogP contribution is -2.65. The Morgan fingerprint density at radius 3 is 2.21 bits per heavy atom. The third kappa shape index (κ3) is 6.63. The van der Waals surface area contributed by atoms with Crippen molar-refractivity contribution in [3.8, 4) is 5.75 Å². The molecule has 0 saturated heterocycles. The highest BCUT2D eigenvalue weighted by molar-refractivity contribution is 9.10. The quantitative estimate of drug-likeness (QED) is 0.146. The van der Waals surface area contributed by atoms with E-state index in [0.29, 0.717) is 24.3 Å². The monoisotopic (exact) mass is 609 g/mol. The molecule has 3 atom stereocenters. The van der Waals surface area contributed by atoms with Gasteiger partial charge in [0.05, 0.1) is 30.2 Å². The van der Waals surface area contributed by atoms with Crippen LogP contribution in [0.2, 0.25) is 5.04 Å². The molecular formula is C31H36BrNO5Si. The number of nitrogens with two attached hydrogens (primary N) is 1. The number of hydrogen-bond acceptors (Lipinski definition) is 6. The van der Waals surface area contributed by atoms with Crippen LogP contribution in [0.25, 0.3) is 0 Å². The average molecular weight is 611 g/mol. The van der Waals surface area contributed by atoms with Gasteiger partial charge in [-0.2, -0.15) is 0 Å². The van der Waals surface area contributed by atoms with Gasteiger partial charge in [-0.25, -0.2) is 0 Å². The Bertz CT molecular complexity index is 1250. The van der Waals surface area contributed by atoms with Crippen LogP contribution in [0.3, 0.4) is 0 Å². The third-order valence-electron chi connectivity index (χ3n) is 7.46. The van der Waals surface area contributed by atoms with Crippen LogP contribution in [0, 0.1) is 0 Å². The van der Waals surface area contributed by atoms with Gasteiger partial charge in [0.25, 0.3) is 8.32 Å². The molecule has 3 unspecified atom stereocenters. The summed E-state index contributed by atoms with van der Waals surface area (Å²) in [5.41, 5.74) is 6.54. The van der Waals surface area contributed by atoms with Gasteiger partial charge in [0.15, 0.2) is 0 Å². The summed E-state index contributed by atoms with van der Waals surface area (Å²) in [6, 6.07) is 25.4. The third-order valence-corrected chi connectivity index (χ3v) is 12.6. The highest BCUT2D eigenvalue weighted by Crippen LogP contribution is 2.41. The summed E-state index contributed by atoms with van der Waals surface area (Å²) in [6.07, 6.45) is 4.06. The number of benzene rings is 3. The van der Waals surface area contributed by atoms with Crippen molar-refractivity contribution in [3.63, 3.8) is 0 Å². The van der Waals surface area contributed by atoms with Crippen LogP contribution in [0.1, 0.15) is 33.1 Å². The van der Waals surface area contributed by atoms with E-state index >= 15 is 0 Å². The molecule has 0 radical (unpaired) electrons. The number of hydrogen-bond donors (Lipinski definition) is 2. The number of carbonyl (C=O) groups is 1. The van der Waals surface area contributed by atoms with Gasteiger partial charge in [-0.15, -0.1) is 0 Å². The summed E-state index contributed by atoms with van der Waals surface area (Å²) in [7, 11) is -1.81. The Morgan fingerprint density at radius 2 is 1.64 bits per heavy atom. The van der Waals surface area contributed by atoms with E-state index in [9.17, 15) is 9.59 Å². The fraction of sp³-hybridized carbons (Fsp3) is 0.323. The molecule has 6 nitrogen and oxygen atoms in total.